The van der Waals surface area contributed by atoms with E-state index in [9.17, 15) is 0 Å². The molecule has 4 heteroatoms. The molecular weight excluding hydrogens is 248 g/mol. The first-order chi connectivity index (χ1) is 9.45. The van der Waals surface area contributed by atoms with Crippen molar-refractivity contribution in [2.75, 3.05) is 23.7 Å². The minimum atomic E-state index is 0.622. The fourth-order valence-electron chi connectivity index (χ4n) is 2.18. The highest BCUT2D eigenvalue weighted by Gasteiger charge is 2.15. The van der Waals surface area contributed by atoms with Gasteiger partial charge in [-0.25, -0.2) is 9.97 Å². The third kappa shape index (κ3) is 4.99. The van der Waals surface area contributed by atoms with Gasteiger partial charge in [0.05, 0.1) is 0 Å². The maximum atomic E-state index is 6.00. The first kappa shape index (κ1) is 16.7. The first-order valence-corrected chi connectivity index (χ1v) is 7.79. The normalized spacial score (nSPS) is 11.3. The zero-order valence-corrected chi connectivity index (χ0v) is 13.7. The van der Waals surface area contributed by atoms with Crippen molar-refractivity contribution in [2.24, 2.45) is 11.8 Å². The van der Waals surface area contributed by atoms with Gasteiger partial charge in [-0.3, -0.25) is 0 Å². The highest BCUT2D eigenvalue weighted by molar-refractivity contribution is 5.56. The third-order valence-corrected chi connectivity index (χ3v) is 3.56. The van der Waals surface area contributed by atoms with Gasteiger partial charge in [0, 0.05) is 18.7 Å². The van der Waals surface area contributed by atoms with Gasteiger partial charge in [-0.2, -0.15) is 0 Å². The highest BCUT2D eigenvalue weighted by Crippen LogP contribution is 2.23. The fraction of sp³-hybridized carbons (Fsp3) is 0.750. The highest BCUT2D eigenvalue weighted by atomic mass is 15.2. The molecule has 4 nitrogen and oxygen atoms in total. The number of rotatable bonds is 8. The predicted octanol–water partition coefficient (Wildman–Crippen LogP) is 3.52. The van der Waals surface area contributed by atoms with Crippen LogP contribution in [0.15, 0.2) is 6.33 Å². The molecule has 0 atom stereocenters. The van der Waals surface area contributed by atoms with Gasteiger partial charge >= 0.3 is 0 Å². The van der Waals surface area contributed by atoms with Crippen LogP contribution < -0.4 is 10.6 Å². The number of nitrogens with two attached hydrogens (primary N) is 1. The number of anilines is 2. The summed E-state index contributed by atoms with van der Waals surface area (Å²) in [5.74, 6) is 3.04. The van der Waals surface area contributed by atoms with E-state index in [-0.39, 0.29) is 0 Å². The van der Waals surface area contributed by atoms with Crippen LogP contribution in [-0.2, 0) is 6.42 Å². The van der Waals surface area contributed by atoms with Crippen LogP contribution in [0, 0.1) is 11.8 Å². The fourth-order valence-corrected chi connectivity index (χ4v) is 2.18. The number of nitrogens with zero attached hydrogens (tertiary/aromatic N) is 3. The maximum absolute atomic E-state index is 6.00. The molecule has 114 valence electrons. The second-order valence-corrected chi connectivity index (χ2v) is 6.27. The monoisotopic (exact) mass is 278 g/mol. The van der Waals surface area contributed by atoms with Crippen LogP contribution in [0.4, 0.5) is 11.6 Å². The van der Waals surface area contributed by atoms with Crippen molar-refractivity contribution < 1.29 is 0 Å². The lowest BCUT2D eigenvalue weighted by molar-refractivity contribution is 0.532. The van der Waals surface area contributed by atoms with E-state index in [1.807, 2.05) is 0 Å². The second kappa shape index (κ2) is 8.08. The molecule has 1 rings (SSSR count). The molecule has 1 heterocycles. The van der Waals surface area contributed by atoms with Crippen molar-refractivity contribution in [3.63, 3.8) is 0 Å². The lowest BCUT2D eigenvalue weighted by Crippen LogP contribution is -2.29. The molecule has 0 aliphatic heterocycles. The summed E-state index contributed by atoms with van der Waals surface area (Å²) in [5.41, 5.74) is 7.09. The van der Waals surface area contributed by atoms with Crippen LogP contribution in [0.25, 0.3) is 0 Å². The number of hydrogen-bond acceptors (Lipinski definition) is 4. The van der Waals surface area contributed by atoms with Crippen LogP contribution in [-0.4, -0.2) is 23.1 Å². The Kier molecular flexibility index (Phi) is 6.76. The first-order valence-electron chi connectivity index (χ1n) is 7.79. The van der Waals surface area contributed by atoms with Gasteiger partial charge in [0.15, 0.2) is 0 Å². The molecule has 0 fully saturated rings. The van der Waals surface area contributed by atoms with E-state index < -0.39 is 0 Å². The van der Waals surface area contributed by atoms with E-state index >= 15 is 0 Å². The van der Waals surface area contributed by atoms with Gasteiger partial charge in [-0.15, -0.1) is 0 Å². The van der Waals surface area contributed by atoms with E-state index in [0.29, 0.717) is 17.7 Å². The van der Waals surface area contributed by atoms with Crippen molar-refractivity contribution in [1.82, 2.24) is 9.97 Å². The van der Waals surface area contributed by atoms with Gasteiger partial charge in [0.25, 0.3) is 0 Å². The van der Waals surface area contributed by atoms with Crippen LogP contribution in [0.5, 0.6) is 0 Å². The van der Waals surface area contributed by atoms with Crippen molar-refractivity contribution in [3.05, 3.63) is 11.9 Å². The lowest BCUT2D eigenvalue weighted by Gasteiger charge is -2.27. The molecule has 0 amide bonds. The van der Waals surface area contributed by atoms with Crippen LogP contribution in [0.3, 0.4) is 0 Å². The number of hydrogen-bond donors (Lipinski definition) is 1. The summed E-state index contributed by atoms with van der Waals surface area (Å²) >= 11 is 0. The van der Waals surface area contributed by atoms with E-state index in [1.165, 1.54) is 12.8 Å². The molecule has 0 unspecified atom stereocenters. The smallest absolute Gasteiger partial charge is 0.137 e. The Morgan fingerprint density at radius 2 is 1.60 bits per heavy atom. The Balaban J connectivity index is 2.93. The Hall–Kier alpha value is -1.32. The molecule has 0 aromatic carbocycles. The zero-order chi connectivity index (χ0) is 15.1. The van der Waals surface area contributed by atoms with E-state index in [1.54, 1.807) is 6.33 Å². The SMILES string of the molecule is CCc1c(N)ncnc1N(CCC(C)C)CCC(C)C. The Morgan fingerprint density at radius 1 is 1.05 bits per heavy atom. The quantitative estimate of drug-likeness (QED) is 0.790. The van der Waals surface area contributed by atoms with Gasteiger partial charge in [0.1, 0.15) is 18.0 Å². The average molecular weight is 278 g/mol. The molecule has 0 bridgehead atoms. The summed E-state index contributed by atoms with van der Waals surface area (Å²) in [6, 6.07) is 0. The summed E-state index contributed by atoms with van der Waals surface area (Å²) < 4.78 is 0. The standard InChI is InChI=1S/C16H30N4/c1-6-14-15(17)18-11-19-16(14)20(9-7-12(2)3)10-8-13(4)5/h11-13H,6-10H2,1-5H3,(H2,17,18,19). The van der Waals surface area contributed by atoms with E-state index in [0.717, 1.165) is 30.9 Å². The Labute approximate surface area is 123 Å². The minimum Gasteiger partial charge on any atom is -0.383 e. The summed E-state index contributed by atoms with van der Waals surface area (Å²) in [7, 11) is 0. The van der Waals surface area contributed by atoms with Crippen molar-refractivity contribution in [1.29, 1.82) is 0 Å². The van der Waals surface area contributed by atoms with E-state index in [2.05, 4.69) is 49.5 Å². The summed E-state index contributed by atoms with van der Waals surface area (Å²) in [6.07, 6.45) is 4.81. The largest absolute Gasteiger partial charge is 0.383 e. The second-order valence-electron chi connectivity index (χ2n) is 6.27. The number of nitrogen functional groups attached to an aromatic ring is 1. The molecular formula is C16H30N4. The van der Waals surface area contributed by atoms with Gasteiger partial charge in [-0.05, 0) is 31.1 Å². The van der Waals surface area contributed by atoms with Crippen molar-refractivity contribution >= 4 is 11.6 Å². The molecule has 0 spiro atoms. The van der Waals surface area contributed by atoms with Gasteiger partial charge in [-0.1, -0.05) is 34.6 Å². The molecule has 1 aromatic heterocycles. The van der Waals surface area contributed by atoms with E-state index in [4.69, 9.17) is 5.73 Å². The molecule has 2 N–H and O–H groups in total. The summed E-state index contributed by atoms with van der Waals surface area (Å²) in [4.78, 5) is 11.0. The predicted molar refractivity (Wildman–Crippen MR) is 86.9 cm³/mol. The molecule has 1 aromatic rings. The van der Waals surface area contributed by atoms with Crippen LogP contribution in [0.2, 0.25) is 0 Å². The van der Waals surface area contributed by atoms with Crippen LogP contribution in [0.1, 0.15) is 53.0 Å². The minimum absolute atomic E-state index is 0.622. The third-order valence-electron chi connectivity index (χ3n) is 3.56. The lowest BCUT2D eigenvalue weighted by atomic mass is 10.1. The summed E-state index contributed by atoms with van der Waals surface area (Å²) in [6.45, 7) is 13.2. The van der Waals surface area contributed by atoms with Crippen molar-refractivity contribution in [2.45, 2.75) is 53.9 Å². The zero-order valence-electron chi connectivity index (χ0n) is 13.7. The average Bonchev–Trinajstić information content (AvgIpc) is 2.38. The molecule has 0 saturated heterocycles. The van der Waals surface area contributed by atoms with Gasteiger partial charge < -0.3 is 10.6 Å². The maximum Gasteiger partial charge on any atom is 0.137 e. The molecule has 0 radical (unpaired) electrons. The van der Waals surface area contributed by atoms with Crippen molar-refractivity contribution in [3.8, 4) is 0 Å². The molecule has 0 aliphatic carbocycles. The molecule has 0 saturated carbocycles. The molecule has 20 heavy (non-hydrogen) atoms. The Morgan fingerprint density at radius 3 is 2.05 bits per heavy atom. The molecule has 0 aliphatic rings. The summed E-state index contributed by atoms with van der Waals surface area (Å²) in [5, 5.41) is 0. The Bertz CT molecular complexity index is 389. The topological polar surface area (TPSA) is 55.0 Å². The van der Waals surface area contributed by atoms with Gasteiger partial charge in [0.2, 0.25) is 0 Å². The number of aromatic nitrogens is 2. The van der Waals surface area contributed by atoms with Crippen LogP contribution >= 0.6 is 0 Å².